The molecule has 0 heterocycles. The van der Waals surface area contributed by atoms with Crippen LogP contribution < -0.4 is 20.6 Å². The predicted octanol–water partition coefficient (Wildman–Crippen LogP) is 2.35. The van der Waals surface area contributed by atoms with E-state index in [1.807, 2.05) is 0 Å². The Hall–Kier alpha value is -3.20. The summed E-state index contributed by atoms with van der Waals surface area (Å²) in [5.74, 6) is 1.07. The van der Waals surface area contributed by atoms with Crippen molar-refractivity contribution < 1.29 is 14.4 Å². The fourth-order valence-electron chi connectivity index (χ4n) is 1.93. The first-order chi connectivity index (χ1) is 12.0. The molecule has 2 aromatic carbocycles. The minimum absolute atomic E-state index is 0.0375. The Balaban J connectivity index is 2.04. The van der Waals surface area contributed by atoms with E-state index < -0.39 is 4.92 Å². The molecule has 3 N–H and O–H groups in total. The van der Waals surface area contributed by atoms with Gasteiger partial charge in [0.15, 0.2) is 16.6 Å². The first-order valence-electron chi connectivity index (χ1n) is 7.12. The van der Waals surface area contributed by atoms with Gasteiger partial charge >= 0.3 is 0 Å². The molecule has 0 atom stereocenters. The van der Waals surface area contributed by atoms with Gasteiger partial charge in [-0.3, -0.25) is 15.5 Å². The van der Waals surface area contributed by atoms with E-state index in [4.69, 9.17) is 15.2 Å². The maximum absolute atomic E-state index is 10.6. The van der Waals surface area contributed by atoms with E-state index in [2.05, 4.69) is 22.7 Å². The largest absolute Gasteiger partial charge is 0.493 e. The van der Waals surface area contributed by atoms with Crippen molar-refractivity contribution in [2.24, 2.45) is 10.8 Å². The zero-order valence-electron chi connectivity index (χ0n) is 13.3. The molecule has 0 radical (unpaired) electrons. The molecule has 8 nitrogen and oxygen atoms in total. The van der Waals surface area contributed by atoms with E-state index in [0.29, 0.717) is 11.5 Å². The fourth-order valence-corrected chi connectivity index (χ4v) is 1.98. The van der Waals surface area contributed by atoms with Crippen LogP contribution in [0.15, 0.2) is 47.6 Å². The van der Waals surface area contributed by atoms with Gasteiger partial charge < -0.3 is 15.2 Å². The van der Waals surface area contributed by atoms with Gasteiger partial charge in [0.2, 0.25) is 0 Å². The van der Waals surface area contributed by atoms with Crippen LogP contribution in [-0.2, 0) is 6.61 Å². The molecule has 0 aliphatic heterocycles. The van der Waals surface area contributed by atoms with Crippen LogP contribution >= 0.6 is 12.2 Å². The van der Waals surface area contributed by atoms with Gasteiger partial charge in [-0.2, -0.15) is 5.10 Å². The molecule has 0 fully saturated rings. The monoisotopic (exact) mass is 360 g/mol. The number of hydrogen-bond donors (Lipinski definition) is 2. The molecule has 0 saturated carbocycles. The van der Waals surface area contributed by atoms with Crippen molar-refractivity contribution in [3.8, 4) is 11.5 Å². The Morgan fingerprint density at radius 3 is 2.64 bits per heavy atom. The lowest BCUT2D eigenvalue weighted by atomic mass is 10.2. The van der Waals surface area contributed by atoms with Crippen molar-refractivity contribution in [3.05, 3.63) is 63.7 Å². The van der Waals surface area contributed by atoms with Crippen LogP contribution in [0.2, 0.25) is 0 Å². The number of hydrogen-bond acceptors (Lipinski definition) is 6. The van der Waals surface area contributed by atoms with Crippen molar-refractivity contribution in [2.75, 3.05) is 7.11 Å². The molecule has 2 aromatic rings. The predicted molar refractivity (Wildman–Crippen MR) is 97.9 cm³/mol. The summed E-state index contributed by atoms with van der Waals surface area (Å²) >= 11 is 4.65. The van der Waals surface area contributed by atoms with Crippen molar-refractivity contribution >= 4 is 29.2 Å². The number of nitrogens with one attached hydrogen (secondary N) is 1. The van der Waals surface area contributed by atoms with Crippen LogP contribution in [0.5, 0.6) is 11.5 Å². The average Bonchev–Trinajstić information content (AvgIpc) is 2.60. The molecule has 0 aliphatic rings. The van der Waals surface area contributed by atoms with Crippen LogP contribution in [0.1, 0.15) is 11.1 Å². The summed E-state index contributed by atoms with van der Waals surface area (Å²) in [6, 6.07) is 11.4. The Morgan fingerprint density at radius 2 is 2.04 bits per heavy atom. The first kappa shape index (κ1) is 18.1. The molecule has 0 saturated heterocycles. The third-order valence-electron chi connectivity index (χ3n) is 3.12. The van der Waals surface area contributed by atoms with Crippen molar-refractivity contribution in [3.63, 3.8) is 0 Å². The summed E-state index contributed by atoms with van der Waals surface area (Å²) in [5.41, 5.74) is 9.35. The highest BCUT2D eigenvalue weighted by Crippen LogP contribution is 2.28. The van der Waals surface area contributed by atoms with Gasteiger partial charge in [-0.25, -0.2) is 0 Å². The summed E-state index contributed by atoms with van der Waals surface area (Å²) in [4.78, 5) is 10.2. The normalized spacial score (nSPS) is 10.4. The molecule has 0 bridgehead atoms. The smallest absolute Gasteiger partial charge is 0.269 e. The lowest BCUT2D eigenvalue weighted by Gasteiger charge is -2.11. The summed E-state index contributed by atoms with van der Waals surface area (Å²) in [5, 5.41) is 14.6. The SMILES string of the molecule is COc1cc(/C=N\NC(N)=S)ccc1OCc1ccc([N+](=O)[O-])cc1. The third-order valence-corrected chi connectivity index (χ3v) is 3.21. The quantitative estimate of drug-likeness (QED) is 0.337. The minimum atomic E-state index is -0.444. The highest BCUT2D eigenvalue weighted by atomic mass is 32.1. The number of nitro benzene ring substituents is 1. The summed E-state index contributed by atoms with van der Waals surface area (Å²) < 4.78 is 11.0. The van der Waals surface area contributed by atoms with E-state index in [9.17, 15) is 10.1 Å². The standard InChI is InChI=1S/C16H16N4O4S/c1-23-15-8-12(9-18-19-16(17)25)4-7-14(15)24-10-11-2-5-13(6-3-11)20(21)22/h2-9H,10H2,1H3,(H3,17,19,25)/b18-9-. The molecule has 0 unspecified atom stereocenters. The molecule has 130 valence electrons. The Bertz CT molecular complexity index is 793. The zero-order chi connectivity index (χ0) is 18.2. The molecule has 0 spiro atoms. The van der Waals surface area contributed by atoms with Crippen molar-refractivity contribution in [2.45, 2.75) is 6.61 Å². The fraction of sp³-hybridized carbons (Fsp3) is 0.125. The number of nitrogens with zero attached hydrogens (tertiary/aromatic N) is 2. The Kier molecular flexibility index (Phi) is 6.24. The second kappa shape index (κ2) is 8.60. The number of methoxy groups -OCH3 is 1. The van der Waals surface area contributed by atoms with Crippen molar-refractivity contribution in [1.82, 2.24) is 5.43 Å². The second-order valence-corrected chi connectivity index (χ2v) is 5.30. The number of rotatable bonds is 7. The summed E-state index contributed by atoms with van der Waals surface area (Å²) in [6.45, 7) is 0.255. The number of nitro groups is 1. The molecule has 0 aliphatic carbocycles. The number of thiocarbonyl (C=S) groups is 1. The topological polar surface area (TPSA) is 112 Å². The summed E-state index contributed by atoms with van der Waals surface area (Å²) in [7, 11) is 1.53. The van der Waals surface area contributed by atoms with E-state index >= 15 is 0 Å². The minimum Gasteiger partial charge on any atom is -0.493 e. The molecule has 25 heavy (non-hydrogen) atoms. The van der Waals surface area contributed by atoms with Gasteiger partial charge in [0.05, 0.1) is 18.2 Å². The first-order valence-corrected chi connectivity index (χ1v) is 7.53. The van der Waals surface area contributed by atoms with E-state index in [0.717, 1.165) is 11.1 Å². The van der Waals surface area contributed by atoms with Gasteiger partial charge in [0.1, 0.15) is 6.61 Å². The van der Waals surface area contributed by atoms with Crippen LogP contribution in [0.25, 0.3) is 0 Å². The number of benzene rings is 2. The van der Waals surface area contributed by atoms with Gasteiger partial charge in [0, 0.05) is 12.1 Å². The third kappa shape index (κ3) is 5.43. The second-order valence-electron chi connectivity index (χ2n) is 4.86. The number of nitrogens with two attached hydrogens (primary N) is 1. The van der Waals surface area contributed by atoms with Gasteiger partial charge in [-0.1, -0.05) is 0 Å². The molecular weight excluding hydrogens is 344 g/mol. The maximum atomic E-state index is 10.6. The highest BCUT2D eigenvalue weighted by molar-refractivity contribution is 7.80. The van der Waals surface area contributed by atoms with Crippen LogP contribution in [0.4, 0.5) is 5.69 Å². The molecule has 9 heteroatoms. The lowest BCUT2D eigenvalue weighted by molar-refractivity contribution is -0.384. The van der Waals surface area contributed by atoms with Gasteiger partial charge in [0.25, 0.3) is 5.69 Å². The van der Waals surface area contributed by atoms with E-state index in [1.165, 1.54) is 19.2 Å². The molecule has 0 aromatic heterocycles. The van der Waals surface area contributed by atoms with Crippen LogP contribution in [0.3, 0.4) is 0 Å². The Labute approximate surface area is 149 Å². The molecule has 0 amide bonds. The number of ether oxygens (including phenoxy) is 2. The van der Waals surface area contributed by atoms with Crippen LogP contribution in [-0.4, -0.2) is 23.4 Å². The average molecular weight is 360 g/mol. The molecule has 2 rings (SSSR count). The van der Waals surface area contributed by atoms with Crippen molar-refractivity contribution in [1.29, 1.82) is 0 Å². The van der Waals surface area contributed by atoms with E-state index in [1.54, 1.807) is 36.5 Å². The lowest BCUT2D eigenvalue weighted by Crippen LogP contribution is -2.23. The summed E-state index contributed by atoms with van der Waals surface area (Å²) in [6.07, 6.45) is 1.54. The van der Waals surface area contributed by atoms with Crippen LogP contribution in [0, 0.1) is 10.1 Å². The number of hydrazone groups is 1. The van der Waals surface area contributed by atoms with Gasteiger partial charge in [-0.15, -0.1) is 0 Å². The van der Waals surface area contributed by atoms with Gasteiger partial charge in [-0.05, 0) is 53.7 Å². The highest BCUT2D eigenvalue weighted by Gasteiger charge is 2.07. The van der Waals surface area contributed by atoms with E-state index in [-0.39, 0.29) is 17.4 Å². The maximum Gasteiger partial charge on any atom is 0.269 e. The zero-order valence-corrected chi connectivity index (χ0v) is 14.2. The molecular formula is C16H16N4O4S. The number of non-ortho nitro benzene ring substituents is 1. The Morgan fingerprint density at radius 1 is 1.32 bits per heavy atom.